The number of nitrogens with zero attached hydrogens (tertiary/aromatic N) is 2. The standard InChI is InChI=1S/C10H12N2O5S/c1-2-18(16,17)7-10(11-13)8-3-5-9(6-4-8)12(14)15/h3-6,13H,2,7H2,1H3. The van der Waals surface area contributed by atoms with Crippen LogP contribution in [0.5, 0.6) is 0 Å². The molecule has 0 spiro atoms. The summed E-state index contributed by atoms with van der Waals surface area (Å²) in [7, 11) is -3.33. The Hall–Kier alpha value is -1.96. The van der Waals surface area contributed by atoms with Crippen LogP contribution < -0.4 is 0 Å². The molecule has 0 saturated heterocycles. The van der Waals surface area contributed by atoms with Gasteiger partial charge in [0.1, 0.15) is 5.71 Å². The van der Waals surface area contributed by atoms with Crippen LogP contribution in [0.25, 0.3) is 0 Å². The Labute approximate surface area is 104 Å². The van der Waals surface area contributed by atoms with E-state index >= 15 is 0 Å². The summed E-state index contributed by atoms with van der Waals surface area (Å²) in [5.74, 6) is -0.475. The van der Waals surface area contributed by atoms with Gasteiger partial charge in [-0.1, -0.05) is 12.1 Å². The monoisotopic (exact) mass is 272 g/mol. The second-order valence-electron chi connectivity index (χ2n) is 3.53. The quantitative estimate of drug-likeness (QED) is 0.375. The van der Waals surface area contributed by atoms with Gasteiger partial charge in [0.2, 0.25) is 0 Å². The zero-order valence-electron chi connectivity index (χ0n) is 9.61. The van der Waals surface area contributed by atoms with Gasteiger partial charge in [0.25, 0.3) is 5.69 Å². The van der Waals surface area contributed by atoms with E-state index in [1.807, 2.05) is 0 Å². The molecule has 8 heteroatoms. The Morgan fingerprint density at radius 3 is 2.33 bits per heavy atom. The Morgan fingerprint density at radius 1 is 1.39 bits per heavy atom. The highest BCUT2D eigenvalue weighted by atomic mass is 32.2. The number of hydrogen-bond acceptors (Lipinski definition) is 6. The number of nitro benzene ring substituents is 1. The van der Waals surface area contributed by atoms with Crippen LogP contribution in [0.4, 0.5) is 5.69 Å². The maximum Gasteiger partial charge on any atom is 0.269 e. The summed E-state index contributed by atoms with van der Waals surface area (Å²) in [6.45, 7) is 1.49. The first-order valence-corrected chi connectivity index (χ1v) is 6.88. The molecule has 0 bridgehead atoms. The minimum Gasteiger partial charge on any atom is -0.411 e. The van der Waals surface area contributed by atoms with Gasteiger partial charge in [0.15, 0.2) is 9.84 Å². The highest BCUT2D eigenvalue weighted by molar-refractivity contribution is 7.92. The normalized spacial score (nSPS) is 12.4. The molecule has 18 heavy (non-hydrogen) atoms. The van der Waals surface area contributed by atoms with E-state index < -0.39 is 20.5 Å². The molecule has 7 nitrogen and oxygen atoms in total. The van der Waals surface area contributed by atoms with Crippen LogP contribution in [-0.2, 0) is 9.84 Å². The molecule has 0 unspecified atom stereocenters. The Morgan fingerprint density at radius 2 is 1.94 bits per heavy atom. The summed E-state index contributed by atoms with van der Waals surface area (Å²) in [6, 6.07) is 5.13. The largest absolute Gasteiger partial charge is 0.411 e. The van der Waals surface area contributed by atoms with Crippen LogP contribution in [0.3, 0.4) is 0 Å². The number of nitro groups is 1. The molecule has 0 aliphatic heterocycles. The van der Waals surface area contributed by atoms with Crippen LogP contribution in [0, 0.1) is 10.1 Å². The van der Waals surface area contributed by atoms with Gasteiger partial charge in [0.05, 0.1) is 10.7 Å². The Balaban J connectivity index is 3.01. The molecular weight excluding hydrogens is 260 g/mol. The second kappa shape index (κ2) is 5.58. The van der Waals surface area contributed by atoms with E-state index in [9.17, 15) is 18.5 Å². The molecule has 0 amide bonds. The van der Waals surface area contributed by atoms with E-state index in [1.165, 1.54) is 31.2 Å². The summed E-state index contributed by atoms with van der Waals surface area (Å²) < 4.78 is 22.8. The van der Waals surface area contributed by atoms with Gasteiger partial charge in [0, 0.05) is 23.4 Å². The first-order valence-electron chi connectivity index (χ1n) is 5.06. The molecule has 0 heterocycles. The Kier molecular flexibility index (Phi) is 4.38. The van der Waals surface area contributed by atoms with E-state index in [2.05, 4.69) is 5.16 Å². The van der Waals surface area contributed by atoms with Gasteiger partial charge in [-0.2, -0.15) is 0 Å². The van der Waals surface area contributed by atoms with Crippen LogP contribution in [-0.4, -0.2) is 35.8 Å². The minimum absolute atomic E-state index is 0.0354. The van der Waals surface area contributed by atoms with Crippen molar-refractivity contribution in [1.29, 1.82) is 0 Å². The average Bonchev–Trinajstić information content (AvgIpc) is 2.36. The smallest absolute Gasteiger partial charge is 0.269 e. The number of hydrogen-bond donors (Lipinski definition) is 1. The summed E-state index contributed by atoms with van der Waals surface area (Å²) in [5, 5.41) is 22.2. The molecule has 0 atom stereocenters. The van der Waals surface area contributed by atoms with Crippen molar-refractivity contribution >= 4 is 21.2 Å². The van der Waals surface area contributed by atoms with Crippen LogP contribution in [0.2, 0.25) is 0 Å². The topological polar surface area (TPSA) is 110 Å². The van der Waals surface area contributed by atoms with Crippen molar-refractivity contribution in [2.24, 2.45) is 5.16 Å². The highest BCUT2D eigenvalue weighted by Gasteiger charge is 2.16. The zero-order valence-corrected chi connectivity index (χ0v) is 10.4. The molecule has 1 aromatic carbocycles. The fourth-order valence-electron chi connectivity index (χ4n) is 1.26. The van der Waals surface area contributed by atoms with E-state index in [1.54, 1.807) is 0 Å². The minimum atomic E-state index is -3.33. The van der Waals surface area contributed by atoms with Gasteiger partial charge in [-0.05, 0) is 12.1 Å². The number of non-ortho nitro benzene ring substituents is 1. The third-order valence-corrected chi connectivity index (χ3v) is 3.92. The van der Waals surface area contributed by atoms with Gasteiger partial charge in [-0.3, -0.25) is 10.1 Å². The molecule has 0 aliphatic carbocycles. The lowest BCUT2D eigenvalue weighted by atomic mass is 10.1. The number of sulfone groups is 1. The lowest BCUT2D eigenvalue weighted by Crippen LogP contribution is -2.18. The second-order valence-corrected chi connectivity index (χ2v) is 5.88. The van der Waals surface area contributed by atoms with Crippen molar-refractivity contribution in [2.45, 2.75) is 6.92 Å². The number of oxime groups is 1. The molecule has 1 aromatic rings. The van der Waals surface area contributed by atoms with Crippen molar-refractivity contribution in [3.63, 3.8) is 0 Å². The van der Waals surface area contributed by atoms with Crippen molar-refractivity contribution in [2.75, 3.05) is 11.5 Å². The molecule has 1 rings (SSSR count). The average molecular weight is 272 g/mol. The van der Waals surface area contributed by atoms with E-state index in [-0.39, 0.29) is 17.2 Å². The van der Waals surface area contributed by atoms with Crippen LogP contribution in [0.1, 0.15) is 12.5 Å². The maximum atomic E-state index is 11.4. The molecule has 0 radical (unpaired) electrons. The maximum absolute atomic E-state index is 11.4. The fourth-order valence-corrected chi connectivity index (χ4v) is 2.10. The van der Waals surface area contributed by atoms with Crippen LogP contribution in [0.15, 0.2) is 29.4 Å². The van der Waals surface area contributed by atoms with E-state index in [0.29, 0.717) is 5.56 Å². The van der Waals surface area contributed by atoms with Gasteiger partial charge < -0.3 is 5.21 Å². The lowest BCUT2D eigenvalue weighted by molar-refractivity contribution is -0.384. The van der Waals surface area contributed by atoms with Gasteiger partial charge in [-0.25, -0.2) is 8.42 Å². The first kappa shape index (κ1) is 14.1. The fraction of sp³-hybridized carbons (Fsp3) is 0.300. The van der Waals surface area contributed by atoms with Crippen molar-refractivity contribution in [1.82, 2.24) is 0 Å². The van der Waals surface area contributed by atoms with Gasteiger partial charge in [-0.15, -0.1) is 0 Å². The summed E-state index contributed by atoms with van der Waals surface area (Å²) >= 11 is 0. The van der Waals surface area contributed by atoms with Crippen LogP contribution >= 0.6 is 0 Å². The predicted octanol–water partition coefficient (Wildman–Crippen LogP) is 1.21. The third kappa shape index (κ3) is 3.52. The summed E-state index contributed by atoms with van der Waals surface area (Å²) in [6.07, 6.45) is 0. The SMILES string of the molecule is CCS(=O)(=O)CC(=NO)c1ccc([N+](=O)[O-])cc1. The van der Waals surface area contributed by atoms with Crippen molar-refractivity contribution in [3.8, 4) is 0 Å². The van der Waals surface area contributed by atoms with E-state index in [0.717, 1.165) is 0 Å². The number of benzene rings is 1. The molecule has 0 saturated carbocycles. The molecule has 0 fully saturated rings. The molecule has 0 aromatic heterocycles. The Bertz CT molecular complexity index is 562. The molecule has 0 aliphatic rings. The lowest BCUT2D eigenvalue weighted by Gasteiger charge is -2.04. The molecular formula is C10H12N2O5S. The predicted molar refractivity (Wildman–Crippen MR) is 65.7 cm³/mol. The summed E-state index contributed by atoms with van der Waals surface area (Å²) in [5.41, 5.74) is 0.182. The van der Waals surface area contributed by atoms with E-state index in [4.69, 9.17) is 5.21 Å². The summed E-state index contributed by atoms with van der Waals surface area (Å²) in [4.78, 5) is 9.89. The first-order chi connectivity index (χ1) is 8.39. The van der Waals surface area contributed by atoms with Crippen molar-refractivity contribution < 1.29 is 18.5 Å². The zero-order chi connectivity index (χ0) is 13.8. The molecule has 1 N–H and O–H groups in total. The van der Waals surface area contributed by atoms with Crippen molar-refractivity contribution in [3.05, 3.63) is 39.9 Å². The highest BCUT2D eigenvalue weighted by Crippen LogP contribution is 2.13. The van der Waals surface area contributed by atoms with Gasteiger partial charge >= 0.3 is 0 Å². The third-order valence-electron chi connectivity index (χ3n) is 2.33. The number of rotatable bonds is 5. The molecule has 98 valence electrons.